The van der Waals surface area contributed by atoms with Gasteiger partial charge in [-0.15, -0.1) is 0 Å². The van der Waals surface area contributed by atoms with Gasteiger partial charge in [0.25, 0.3) is 0 Å². The lowest BCUT2D eigenvalue weighted by molar-refractivity contribution is -0.183. The van der Waals surface area contributed by atoms with Gasteiger partial charge in [0.1, 0.15) is 24.2 Å². The lowest BCUT2D eigenvalue weighted by atomic mass is 9.45. The number of carbonyl (C=O) groups excluding carboxylic acids is 2. The van der Waals surface area contributed by atoms with Crippen LogP contribution in [0.25, 0.3) is 11.1 Å². The van der Waals surface area contributed by atoms with Crippen LogP contribution in [-0.2, 0) is 16.2 Å². The van der Waals surface area contributed by atoms with Crippen molar-refractivity contribution in [3.63, 3.8) is 0 Å². The van der Waals surface area contributed by atoms with Crippen molar-refractivity contribution >= 4 is 17.9 Å². The SMILES string of the molecule is COc1c(CN2O[C@@H](CO)[C@H]([C@H](C)O)[C@H]2C(=O)N[C@H]2C[C@H]3C[C@@H]([C@@H]2C)C3(C)C)cccc1-c1cc(C=O)cc(N(C)C)c1. The first kappa shape index (κ1) is 31.4. The monoisotopic (exact) mass is 593 g/mol. The number of para-hydroxylation sites is 1. The maximum atomic E-state index is 14.0. The first-order chi connectivity index (χ1) is 20.4. The maximum Gasteiger partial charge on any atom is 0.240 e. The highest BCUT2D eigenvalue weighted by molar-refractivity contribution is 5.85. The van der Waals surface area contributed by atoms with E-state index in [-0.39, 0.29) is 25.1 Å². The summed E-state index contributed by atoms with van der Waals surface area (Å²) in [4.78, 5) is 33.9. The summed E-state index contributed by atoms with van der Waals surface area (Å²) in [6, 6.07) is 10.7. The molecule has 3 aliphatic carbocycles. The molecule has 0 radical (unpaired) electrons. The summed E-state index contributed by atoms with van der Waals surface area (Å²) in [5.41, 5.74) is 4.14. The van der Waals surface area contributed by atoms with Gasteiger partial charge in [-0.1, -0.05) is 39.0 Å². The molecule has 9 nitrogen and oxygen atoms in total. The third-order valence-corrected chi connectivity index (χ3v) is 10.6. The Morgan fingerprint density at radius 2 is 2.00 bits per heavy atom. The van der Waals surface area contributed by atoms with Gasteiger partial charge < -0.3 is 25.2 Å². The number of hydrogen-bond acceptors (Lipinski definition) is 8. The Kier molecular flexibility index (Phi) is 8.91. The molecular formula is C34H47N3O6. The zero-order valence-corrected chi connectivity index (χ0v) is 26.4. The van der Waals surface area contributed by atoms with E-state index in [4.69, 9.17) is 9.57 Å². The molecule has 2 aromatic rings. The molecule has 2 bridgehead atoms. The molecule has 6 rings (SSSR count). The Bertz CT molecular complexity index is 1340. The lowest BCUT2D eigenvalue weighted by Crippen LogP contribution is -2.62. The number of carbonyl (C=O) groups is 2. The number of methoxy groups -OCH3 is 1. The highest BCUT2D eigenvalue weighted by Crippen LogP contribution is 2.61. The number of anilines is 1. The van der Waals surface area contributed by atoms with E-state index in [1.165, 1.54) is 6.42 Å². The number of aliphatic hydroxyl groups is 2. The van der Waals surface area contributed by atoms with Gasteiger partial charge in [-0.05, 0) is 66.7 Å². The standard InChI is InChI=1S/C34H47N3O6/c1-19-27-14-24(34(27,3)4)15-28(19)35-33(41)31-30(20(2)40)29(18-39)43-37(31)16-22-9-8-10-26(32(22)42-7)23-11-21(17-38)12-25(13-23)36(5)6/h8-13,17,19-20,24,27-31,39-40H,14-16,18H2,1-7H3,(H,35,41)/t19-,20-,24+,27-,28-,29-,30-,31-/m0/s1. The van der Waals surface area contributed by atoms with Crippen LogP contribution in [0.1, 0.15) is 56.5 Å². The van der Waals surface area contributed by atoms with Gasteiger partial charge in [-0.25, -0.2) is 0 Å². The van der Waals surface area contributed by atoms with Crippen molar-refractivity contribution in [1.29, 1.82) is 0 Å². The zero-order chi connectivity index (χ0) is 31.2. The Morgan fingerprint density at radius 1 is 1.26 bits per heavy atom. The summed E-state index contributed by atoms with van der Waals surface area (Å²) in [5, 5.41) is 25.9. The molecule has 0 spiro atoms. The molecule has 0 aromatic heterocycles. The number of rotatable bonds is 10. The Morgan fingerprint density at radius 3 is 2.58 bits per heavy atom. The number of fused-ring (bicyclic) bond motifs is 2. The minimum absolute atomic E-state index is 0.0582. The fourth-order valence-corrected chi connectivity index (χ4v) is 7.95. The first-order valence-corrected chi connectivity index (χ1v) is 15.4. The van der Waals surface area contributed by atoms with E-state index in [9.17, 15) is 19.8 Å². The number of hydroxylamine groups is 2. The van der Waals surface area contributed by atoms with Crippen molar-refractivity contribution in [2.75, 3.05) is 32.7 Å². The molecule has 8 atom stereocenters. The minimum atomic E-state index is -0.877. The number of nitrogens with zero attached hydrogens (tertiary/aromatic N) is 2. The average Bonchev–Trinajstić information content (AvgIpc) is 3.36. The van der Waals surface area contributed by atoms with Gasteiger partial charge >= 0.3 is 0 Å². The van der Waals surface area contributed by atoms with Crippen molar-refractivity contribution in [2.24, 2.45) is 29.1 Å². The predicted octanol–water partition coefficient (Wildman–Crippen LogP) is 3.90. The molecule has 43 heavy (non-hydrogen) atoms. The van der Waals surface area contributed by atoms with Gasteiger partial charge in [0, 0.05) is 48.4 Å². The summed E-state index contributed by atoms with van der Waals surface area (Å²) in [5.74, 6) is 1.30. The number of aliphatic hydroxyl groups excluding tert-OH is 2. The van der Waals surface area contributed by atoms with Crippen LogP contribution in [0.3, 0.4) is 0 Å². The molecular weight excluding hydrogens is 546 g/mol. The van der Waals surface area contributed by atoms with E-state index < -0.39 is 24.2 Å². The average molecular weight is 594 g/mol. The molecule has 1 amide bonds. The third kappa shape index (κ3) is 5.68. The molecule has 0 unspecified atom stereocenters. The topological polar surface area (TPSA) is 112 Å². The normalized spacial score (nSPS) is 30.3. The molecule has 4 fully saturated rings. The van der Waals surface area contributed by atoms with Crippen molar-refractivity contribution < 1.29 is 29.4 Å². The smallest absolute Gasteiger partial charge is 0.240 e. The van der Waals surface area contributed by atoms with E-state index >= 15 is 0 Å². The summed E-state index contributed by atoms with van der Waals surface area (Å²) in [6.07, 6.45) is 1.38. The number of benzene rings is 2. The quantitative estimate of drug-likeness (QED) is 0.356. The predicted molar refractivity (Wildman–Crippen MR) is 166 cm³/mol. The van der Waals surface area contributed by atoms with Crippen LogP contribution in [0.15, 0.2) is 36.4 Å². The van der Waals surface area contributed by atoms with E-state index in [1.807, 2.05) is 55.4 Å². The van der Waals surface area contributed by atoms with Gasteiger partial charge in [0.15, 0.2) is 0 Å². The molecule has 9 heteroatoms. The van der Waals surface area contributed by atoms with E-state index in [0.29, 0.717) is 34.5 Å². The second-order valence-corrected chi connectivity index (χ2v) is 13.6. The number of amides is 1. The lowest BCUT2D eigenvalue weighted by Gasteiger charge is -2.62. The second-order valence-electron chi connectivity index (χ2n) is 13.6. The fourth-order valence-electron chi connectivity index (χ4n) is 7.95. The Hall–Kier alpha value is -2.98. The van der Waals surface area contributed by atoms with Crippen LogP contribution in [-0.4, -0.2) is 79.6 Å². The van der Waals surface area contributed by atoms with Crippen LogP contribution in [0.2, 0.25) is 0 Å². The fraction of sp³-hybridized carbons (Fsp3) is 0.588. The minimum Gasteiger partial charge on any atom is -0.496 e. The van der Waals surface area contributed by atoms with Gasteiger partial charge in [0.2, 0.25) is 5.91 Å². The van der Waals surface area contributed by atoms with Crippen LogP contribution in [0.4, 0.5) is 5.69 Å². The largest absolute Gasteiger partial charge is 0.496 e. The van der Waals surface area contributed by atoms with Crippen molar-refractivity contribution in [3.05, 3.63) is 47.5 Å². The van der Waals surface area contributed by atoms with Crippen molar-refractivity contribution in [1.82, 2.24) is 10.4 Å². The Balaban J connectivity index is 1.45. The molecule has 3 N–H and O–H groups in total. The maximum absolute atomic E-state index is 14.0. The van der Waals surface area contributed by atoms with Crippen LogP contribution < -0.4 is 15.0 Å². The van der Waals surface area contributed by atoms with Crippen LogP contribution in [0, 0.1) is 29.1 Å². The molecule has 1 heterocycles. The summed E-state index contributed by atoms with van der Waals surface area (Å²) in [7, 11) is 5.44. The molecule has 234 valence electrons. The highest BCUT2D eigenvalue weighted by atomic mass is 16.7. The number of aldehydes is 1. The summed E-state index contributed by atoms with van der Waals surface area (Å²) in [6.45, 7) is 8.42. The zero-order valence-electron chi connectivity index (χ0n) is 26.4. The highest BCUT2D eigenvalue weighted by Gasteiger charge is 2.57. The number of hydrogen-bond donors (Lipinski definition) is 3. The van der Waals surface area contributed by atoms with Gasteiger partial charge in [-0.3, -0.25) is 14.4 Å². The summed E-state index contributed by atoms with van der Waals surface area (Å²) >= 11 is 0. The number of nitrogens with one attached hydrogen (secondary N) is 1. The number of ether oxygens (including phenoxy) is 1. The second kappa shape index (κ2) is 12.2. The van der Waals surface area contributed by atoms with Crippen molar-refractivity contribution in [3.8, 4) is 16.9 Å². The molecule has 3 saturated carbocycles. The van der Waals surface area contributed by atoms with E-state index in [2.05, 4.69) is 26.1 Å². The van der Waals surface area contributed by atoms with Crippen molar-refractivity contribution in [2.45, 2.75) is 71.4 Å². The molecule has 2 aromatic carbocycles. The van der Waals surface area contributed by atoms with Crippen LogP contribution in [0.5, 0.6) is 5.75 Å². The third-order valence-electron chi connectivity index (χ3n) is 10.6. The molecule has 4 aliphatic rings. The first-order valence-electron chi connectivity index (χ1n) is 15.4. The van der Waals surface area contributed by atoms with Gasteiger partial charge in [0.05, 0.1) is 26.4 Å². The van der Waals surface area contributed by atoms with Gasteiger partial charge in [-0.2, -0.15) is 5.06 Å². The van der Waals surface area contributed by atoms with Crippen LogP contribution >= 0.6 is 0 Å². The molecule has 1 aliphatic heterocycles. The van der Waals surface area contributed by atoms with E-state index in [0.717, 1.165) is 35.1 Å². The summed E-state index contributed by atoms with van der Waals surface area (Å²) < 4.78 is 5.93. The molecule has 1 saturated heterocycles. The van der Waals surface area contributed by atoms with E-state index in [1.54, 1.807) is 19.1 Å². The Labute approximate surface area is 255 Å².